The van der Waals surface area contributed by atoms with Crippen LogP contribution in [0.4, 0.5) is 5.69 Å². The van der Waals surface area contributed by atoms with E-state index in [1.807, 2.05) is 6.07 Å². The van der Waals surface area contributed by atoms with E-state index in [0.717, 1.165) is 5.56 Å². The number of Topliss-reactive ketones (excluding diaryl/α,β-unsaturated/α-hetero) is 1. The van der Waals surface area contributed by atoms with Crippen molar-refractivity contribution in [2.75, 3.05) is 5.32 Å². The highest BCUT2D eigenvalue weighted by Gasteiger charge is 2.25. The van der Waals surface area contributed by atoms with E-state index in [2.05, 4.69) is 5.32 Å². The first-order valence-electron chi connectivity index (χ1n) is 6.68. The van der Waals surface area contributed by atoms with Crippen molar-refractivity contribution in [3.63, 3.8) is 0 Å². The fourth-order valence-electron chi connectivity index (χ4n) is 2.37. The number of amides is 1. The Bertz CT molecular complexity index is 794. The summed E-state index contributed by atoms with van der Waals surface area (Å²) in [6, 6.07) is 11.2. The minimum Gasteiger partial charge on any atom is -0.508 e. The first-order chi connectivity index (χ1) is 10.5. The summed E-state index contributed by atoms with van der Waals surface area (Å²) in [5.41, 5.74) is 2.50. The van der Waals surface area contributed by atoms with Gasteiger partial charge >= 0.3 is 0 Å². The number of phenols is 1. The Morgan fingerprint density at radius 2 is 1.82 bits per heavy atom. The summed E-state index contributed by atoms with van der Waals surface area (Å²) in [7, 11) is 0. The molecule has 1 aliphatic rings. The van der Waals surface area contributed by atoms with Gasteiger partial charge in [-0.1, -0.05) is 23.7 Å². The molecule has 0 saturated heterocycles. The largest absolute Gasteiger partial charge is 0.508 e. The van der Waals surface area contributed by atoms with Gasteiger partial charge in [0.25, 0.3) is 11.7 Å². The third kappa shape index (κ3) is 2.73. The van der Waals surface area contributed by atoms with E-state index in [4.69, 9.17) is 11.6 Å². The molecule has 1 amide bonds. The van der Waals surface area contributed by atoms with Crippen LogP contribution in [0.3, 0.4) is 0 Å². The molecule has 5 heteroatoms. The minimum absolute atomic E-state index is 0.0893. The number of aromatic hydroxyl groups is 1. The third-order valence-electron chi connectivity index (χ3n) is 3.46. The molecule has 0 bridgehead atoms. The molecule has 0 fully saturated rings. The van der Waals surface area contributed by atoms with Gasteiger partial charge in [0, 0.05) is 16.3 Å². The lowest BCUT2D eigenvalue weighted by Gasteiger charge is -2.07. The first-order valence-corrected chi connectivity index (χ1v) is 7.06. The number of rotatable bonds is 3. The number of anilines is 1. The lowest BCUT2D eigenvalue weighted by atomic mass is 10.0. The van der Waals surface area contributed by atoms with Gasteiger partial charge in [-0.3, -0.25) is 9.59 Å². The maximum Gasteiger partial charge on any atom is 0.296 e. The van der Waals surface area contributed by atoms with E-state index >= 15 is 0 Å². The maximum absolute atomic E-state index is 12.3. The molecule has 1 aliphatic carbocycles. The predicted octanol–water partition coefficient (Wildman–Crippen LogP) is 3.19. The van der Waals surface area contributed by atoms with E-state index in [9.17, 15) is 14.7 Å². The number of hydrogen-bond acceptors (Lipinski definition) is 3. The van der Waals surface area contributed by atoms with Crippen LogP contribution in [0.15, 0.2) is 48.5 Å². The molecule has 0 saturated carbocycles. The topological polar surface area (TPSA) is 66.4 Å². The Kier molecular flexibility index (Phi) is 3.69. The molecule has 2 aromatic carbocycles. The second-order valence-corrected chi connectivity index (χ2v) is 5.39. The molecule has 3 rings (SSSR count). The van der Waals surface area contributed by atoms with Crippen molar-refractivity contribution in [2.24, 2.45) is 0 Å². The monoisotopic (exact) mass is 313 g/mol. The van der Waals surface area contributed by atoms with Gasteiger partial charge in [-0.05, 0) is 53.9 Å². The van der Waals surface area contributed by atoms with Gasteiger partial charge in [0.15, 0.2) is 0 Å². The van der Waals surface area contributed by atoms with Crippen LogP contribution < -0.4 is 5.32 Å². The molecular weight excluding hydrogens is 302 g/mol. The highest BCUT2D eigenvalue weighted by Crippen LogP contribution is 2.30. The third-order valence-corrected chi connectivity index (χ3v) is 3.70. The van der Waals surface area contributed by atoms with E-state index < -0.39 is 11.7 Å². The molecule has 0 unspecified atom stereocenters. The van der Waals surface area contributed by atoms with Crippen LogP contribution in [0.1, 0.15) is 11.1 Å². The lowest BCUT2D eigenvalue weighted by molar-refractivity contribution is -0.131. The van der Waals surface area contributed by atoms with E-state index in [-0.39, 0.29) is 5.75 Å². The molecule has 22 heavy (non-hydrogen) atoms. The SMILES string of the molecule is O=C(Nc1ccc(O)cc1)C(=O)C1=CCc2ccc(Cl)cc21. The van der Waals surface area contributed by atoms with Crippen LogP contribution in [0.25, 0.3) is 5.57 Å². The number of halogens is 1. The average Bonchev–Trinajstić information content (AvgIpc) is 2.91. The van der Waals surface area contributed by atoms with Gasteiger partial charge in [0.05, 0.1) is 0 Å². The van der Waals surface area contributed by atoms with Crippen LogP contribution in [0.5, 0.6) is 5.75 Å². The first kappa shape index (κ1) is 14.4. The Hall–Kier alpha value is -2.59. The molecule has 0 aliphatic heterocycles. The molecule has 0 heterocycles. The fraction of sp³-hybridized carbons (Fsp3) is 0.0588. The van der Waals surface area contributed by atoms with Gasteiger partial charge in [-0.15, -0.1) is 0 Å². The van der Waals surface area contributed by atoms with Crippen LogP contribution in [0, 0.1) is 0 Å². The van der Waals surface area contributed by atoms with E-state index in [1.165, 1.54) is 24.3 Å². The number of phenolic OH excluding ortho intramolecular Hbond substituents is 1. The van der Waals surface area contributed by atoms with Crippen LogP contribution >= 0.6 is 11.6 Å². The highest BCUT2D eigenvalue weighted by atomic mass is 35.5. The predicted molar refractivity (Wildman–Crippen MR) is 84.9 cm³/mol. The molecule has 0 radical (unpaired) electrons. The minimum atomic E-state index is -0.718. The second-order valence-electron chi connectivity index (χ2n) is 4.95. The van der Waals surface area contributed by atoms with Crippen molar-refractivity contribution >= 4 is 34.6 Å². The van der Waals surface area contributed by atoms with E-state index in [1.54, 1.807) is 18.2 Å². The molecule has 4 nitrogen and oxygen atoms in total. The van der Waals surface area contributed by atoms with Gasteiger partial charge in [-0.2, -0.15) is 0 Å². The number of nitrogens with one attached hydrogen (secondary N) is 1. The molecule has 0 atom stereocenters. The number of ketones is 1. The normalized spacial score (nSPS) is 12.5. The Morgan fingerprint density at radius 1 is 1.09 bits per heavy atom. The molecule has 2 N–H and O–H groups in total. The molecule has 0 aromatic heterocycles. The summed E-state index contributed by atoms with van der Waals surface area (Å²) in [5, 5.41) is 12.3. The fourth-order valence-corrected chi connectivity index (χ4v) is 2.54. The van der Waals surface area contributed by atoms with Crippen LogP contribution in [-0.4, -0.2) is 16.8 Å². The smallest absolute Gasteiger partial charge is 0.296 e. The number of carbonyl (C=O) groups excluding carboxylic acids is 2. The number of benzene rings is 2. The molecule has 0 spiro atoms. The number of hydrogen-bond donors (Lipinski definition) is 2. The summed E-state index contributed by atoms with van der Waals surface area (Å²) < 4.78 is 0. The Balaban J connectivity index is 1.79. The highest BCUT2D eigenvalue weighted by molar-refractivity contribution is 6.56. The average molecular weight is 314 g/mol. The van der Waals surface area contributed by atoms with Gasteiger partial charge in [0.1, 0.15) is 5.75 Å². The molecular formula is C17H12ClNO3. The summed E-state index contributed by atoms with van der Waals surface area (Å²) in [5.74, 6) is -1.23. The van der Waals surface area contributed by atoms with Gasteiger partial charge in [-0.25, -0.2) is 0 Å². The van der Waals surface area contributed by atoms with Crippen molar-refractivity contribution in [1.29, 1.82) is 0 Å². The van der Waals surface area contributed by atoms with E-state index in [0.29, 0.717) is 28.3 Å². The zero-order valence-electron chi connectivity index (χ0n) is 11.5. The second kappa shape index (κ2) is 5.66. The summed E-state index contributed by atoms with van der Waals surface area (Å²) in [6.07, 6.45) is 2.35. The standard InChI is InChI=1S/C17H12ClNO3/c18-11-3-1-10-2-8-14(15(10)9-11)16(21)17(22)19-12-4-6-13(20)7-5-12/h1,3-9,20H,2H2,(H,19,22). The van der Waals surface area contributed by atoms with Crippen molar-refractivity contribution in [3.05, 3.63) is 64.7 Å². The quantitative estimate of drug-likeness (QED) is 0.675. The van der Waals surface area contributed by atoms with Crippen LogP contribution in [0.2, 0.25) is 5.02 Å². The molecule has 2 aromatic rings. The number of allylic oxidation sites excluding steroid dienone is 1. The number of carbonyl (C=O) groups is 2. The van der Waals surface area contributed by atoms with Crippen molar-refractivity contribution in [2.45, 2.75) is 6.42 Å². The summed E-state index contributed by atoms with van der Waals surface area (Å²) >= 11 is 5.95. The zero-order valence-corrected chi connectivity index (χ0v) is 12.2. The lowest BCUT2D eigenvalue weighted by Crippen LogP contribution is -2.23. The Morgan fingerprint density at radius 3 is 2.55 bits per heavy atom. The number of fused-ring (bicyclic) bond motifs is 1. The van der Waals surface area contributed by atoms with Gasteiger partial charge in [0.2, 0.25) is 0 Å². The van der Waals surface area contributed by atoms with Crippen molar-refractivity contribution in [3.8, 4) is 5.75 Å². The van der Waals surface area contributed by atoms with Crippen LogP contribution in [-0.2, 0) is 16.0 Å². The van der Waals surface area contributed by atoms with Crippen molar-refractivity contribution < 1.29 is 14.7 Å². The summed E-state index contributed by atoms with van der Waals surface area (Å²) in [4.78, 5) is 24.4. The Labute approximate surface area is 132 Å². The zero-order chi connectivity index (χ0) is 15.7. The van der Waals surface area contributed by atoms with Crippen molar-refractivity contribution in [1.82, 2.24) is 0 Å². The maximum atomic E-state index is 12.3. The summed E-state index contributed by atoms with van der Waals surface area (Å²) in [6.45, 7) is 0. The molecule has 110 valence electrons. The van der Waals surface area contributed by atoms with Gasteiger partial charge < -0.3 is 10.4 Å².